The molecule has 0 saturated heterocycles. The van der Waals surface area contributed by atoms with E-state index in [1.807, 2.05) is 26.0 Å². The van der Waals surface area contributed by atoms with Gasteiger partial charge in [-0.05, 0) is 68.5 Å². The predicted molar refractivity (Wildman–Crippen MR) is 152 cm³/mol. The third-order valence-corrected chi connectivity index (χ3v) is 9.09. The number of amides is 2. The van der Waals surface area contributed by atoms with Gasteiger partial charge in [0.2, 0.25) is 11.8 Å². The van der Waals surface area contributed by atoms with Crippen LogP contribution in [0.4, 0.5) is 5.69 Å². The highest BCUT2D eigenvalue weighted by molar-refractivity contribution is 7.90. The summed E-state index contributed by atoms with van der Waals surface area (Å²) in [7, 11) is -1.14. The lowest BCUT2D eigenvalue weighted by Gasteiger charge is -2.34. The average molecular weight is 563 g/mol. The maximum atomic E-state index is 13.9. The molecule has 38 heavy (non-hydrogen) atoms. The van der Waals surface area contributed by atoms with Gasteiger partial charge in [-0.1, -0.05) is 55.1 Å². The Balaban J connectivity index is 1.94. The van der Waals surface area contributed by atoms with Crippen LogP contribution >= 0.6 is 11.6 Å². The molecule has 0 bridgehead atoms. The first kappa shape index (κ1) is 29.9. The van der Waals surface area contributed by atoms with Crippen LogP contribution < -0.4 is 9.62 Å². The topological polar surface area (TPSA) is 90.0 Å². The lowest BCUT2D eigenvalue weighted by atomic mass is 9.95. The molecule has 8 nitrogen and oxygen atoms in total. The van der Waals surface area contributed by atoms with Crippen molar-refractivity contribution < 1.29 is 18.0 Å². The van der Waals surface area contributed by atoms with E-state index in [0.29, 0.717) is 10.7 Å². The number of nitrogens with zero attached hydrogens (tertiary/aromatic N) is 3. The van der Waals surface area contributed by atoms with Crippen LogP contribution in [0.3, 0.4) is 0 Å². The molecule has 0 aliphatic heterocycles. The van der Waals surface area contributed by atoms with Gasteiger partial charge in [0.1, 0.15) is 12.6 Å². The summed E-state index contributed by atoms with van der Waals surface area (Å²) in [5, 5.41) is 3.67. The molecule has 2 amide bonds. The normalized spacial score (nSPS) is 15.2. The first-order chi connectivity index (χ1) is 17.9. The number of carbonyl (C=O) groups is 2. The van der Waals surface area contributed by atoms with E-state index in [2.05, 4.69) is 5.32 Å². The molecule has 0 spiro atoms. The van der Waals surface area contributed by atoms with Crippen LogP contribution in [0, 0.1) is 13.8 Å². The summed E-state index contributed by atoms with van der Waals surface area (Å²) in [6, 6.07) is 11.8. The fraction of sp³-hybridized carbons (Fsp3) is 0.500. The summed E-state index contributed by atoms with van der Waals surface area (Å²) in [6.45, 7) is 5.06. The maximum Gasteiger partial charge on any atom is 0.304 e. The van der Waals surface area contributed by atoms with Crippen molar-refractivity contribution in [3.05, 3.63) is 64.2 Å². The van der Waals surface area contributed by atoms with Crippen LogP contribution in [0.5, 0.6) is 0 Å². The second-order valence-corrected chi connectivity index (χ2v) is 12.8. The van der Waals surface area contributed by atoms with Gasteiger partial charge in [0, 0.05) is 31.7 Å². The first-order valence-corrected chi connectivity index (χ1v) is 14.8. The van der Waals surface area contributed by atoms with Crippen molar-refractivity contribution in [2.75, 3.05) is 24.9 Å². The summed E-state index contributed by atoms with van der Waals surface area (Å²) in [6.07, 6.45) is 5.15. The van der Waals surface area contributed by atoms with Crippen LogP contribution in [-0.2, 0) is 26.3 Å². The second-order valence-electron chi connectivity index (χ2n) is 10.3. The molecule has 0 radical (unpaired) electrons. The molecule has 0 heterocycles. The summed E-state index contributed by atoms with van der Waals surface area (Å²) in [5.74, 6) is -0.717. The lowest BCUT2D eigenvalue weighted by molar-refractivity contribution is -0.139. The van der Waals surface area contributed by atoms with Crippen molar-refractivity contribution in [1.29, 1.82) is 0 Å². The molecule has 1 atom stereocenters. The van der Waals surface area contributed by atoms with Gasteiger partial charge in [0.25, 0.3) is 0 Å². The van der Waals surface area contributed by atoms with Gasteiger partial charge >= 0.3 is 10.2 Å². The smallest absolute Gasteiger partial charge is 0.304 e. The highest BCUT2D eigenvalue weighted by atomic mass is 35.5. The second kappa shape index (κ2) is 13.0. The molecule has 2 aromatic carbocycles. The largest absolute Gasteiger partial charge is 0.352 e. The van der Waals surface area contributed by atoms with Gasteiger partial charge in [-0.25, -0.2) is 4.31 Å². The number of hydrogen-bond donors (Lipinski definition) is 1. The Morgan fingerprint density at radius 2 is 1.66 bits per heavy atom. The lowest BCUT2D eigenvalue weighted by Crippen LogP contribution is -2.53. The van der Waals surface area contributed by atoms with E-state index < -0.39 is 28.7 Å². The van der Waals surface area contributed by atoms with E-state index in [4.69, 9.17) is 11.6 Å². The number of nitrogens with one attached hydrogen (secondary N) is 1. The number of carbonyl (C=O) groups excluding carboxylic acids is 2. The van der Waals surface area contributed by atoms with Crippen molar-refractivity contribution in [1.82, 2.24) is 14.5 Å². The Morgan fingerprint density at radius 3 is 2.26 bits per heavy atom. The van der Waals surface area contributed by atoms with E-state index in [1.54, 1.807) is 37.3 Å². The summed E-state index contributed by atoms with van der Waals surface area (Å²) < 4.78 is 29.0. The van der Waals surface area contributed by atoms with Crippen LogP contribution in [0.1, 0.15) is 55.7 Å². The third-order valence-electron chi connectivity index (χ3n) is 7.04. The number of aryl methyl sites for hydroxylation is 2. The molecule has 10 heteroatoms. The fourth-order valence-corrected chi connectivity index (χ4v) is 5.87. The molecule has 1 aliphatic rings. The monoisotopic (exact) mass is 562 g/mol. The number of halogens is 1. The molecular formula is C28H39ClN4O4S. The number of hydrogen-bond acceptors (Lipinski definition) is 4. The number of benzene rings is 2. The zero-order chi connectivity index (χ0) is 28.0. The average Bonchev–Trinajstić information content (AvgIpc) is 2.88. The Bertz CT molecular complexity index is 1230. The molecular weight excluding hydrogens is 524 g/mol. The molecule has 2 aromatic rings. The molecule has 3 rings (SSSR count). The minimum absolute atomic E-state index is 0.0896. The van der Waals surface area contributed by atoms with Gasteiger partial charge in [0.15, 0.2) is 0 Å². The van der Waals surface area contributed by atoms with Crippen LogP contribution in [-0.4, -0.2) is 62.2 Å². The quantitative estimate of drug-likeness (QED) is 0.464. The molecule has 1 fully saturated rings. The first-order valence-electron chi connectivity index (χ1n) is 13.0. The van der Waals surface area contributed by atoms with Crippen LogP contribution in [0.2, 0.25) is 5.02 Å². The van der Waals surface area contributed by atoms with E-state index >= 15 is 0 Å². The van der Waals surface area contributed by atoms with Crippen molar-refractivity contribution in [2.24, 2.45) is 0 Å². The molecule has 0 aromatic heterocycles. The molecule has 1 N–H and O–H groups in total. The molecule has 208 valence electrons. The highest BCUT2D eigenvalue weighted by Crippen LogP contribution is 2.26. The van der Waals surface area contributed by atoms with Crippen molar-refractivity contribution >= 4 is 39.3 Å². The van der Waals surface area contributed by atoms with Gasteiger partial charge < -0.3 is 10.2 Å². The Labute approximate surface area is 232 Å². The Morgan fingerprint density at radius 1 is 1.03 bits per heavy atom. The van der Waals surface area contributed by atoms with E-state index in [1.165, 1.54) is 19.0 Å². The van der Waals surface area contributed by atoms with E-state index in [-0.39, 0.29) is 18.5 Å². The summed E-state index contributed by atoms with van der Waals surface area (Å²) in [5.41, 5.74) is 2.81. The van der Waals surface area contributed by atoms with Crippen molar-refractivity contribution in [3.63, 3.8) is 0 Å². The SMILES string of the molecule is Cc1ccc(C)c(N(CC(=O)N(Cc2ccc(Cl)cc2)C(C)C(=O)NC2CCCCC2)S(=O)(=O)N(C)C)c1. The molecule has 1 aliphatic carbocycles. The van der Waals surface area contributed by atoms with E-state index in [0.717, 1.165) is 57.4 Å². The minimum atomic E-state index is -4.01. The van der Waals surface area contributed by atoms with Gasteiger partial charge in [0.05, 0.1) is 5.69 Å². The molecule has 1 unspecified atom stereocenters. The fourth-order valence-electron chi connectivity index (χ4n) is 4.63. The third kappa shape index (κ3) is 7.48. The predicted octanol–water partition coefficient (Wildman–Crippen LogP) is 4.44. The Kier molecular flexibility index (Phi) is 10.2. The van der Waals surface area contributed by atoms with Crippen LogP contribution in [0.15, 0.2) is 42.5 Å². The summed E-state index contributed by atoms with van der Waals surface area (Å²) >= 11 is 6.05. The summed E-state index contributed by atoms with van der Waals surface area (Å²) in [4.78, 5) is 28.6. The number of rotatable bonds is 10. The van der Waals surface area contributed by atoms with Crippen LogP contribution in [0.25, 0.3) is 0 Å². The minimum Gasteiger partial charge on any atom is -0.352 e. The van der Waals surface area contributed by atoms with Crippen molar-refractivity contribution in [3.8, 4) is 0 Å². The maximum absolute atomic E-state index is 13.9. The van der Waals surface area contributed by atoms with Gasteiger partial charge in [-0.3, -0.25) is 9.59 Å². The van der Waals surface area contributed by atoms with Gasteiger partial charge in [-0.15, -0.1) is 0 Å². The zero-order valence-corrected chi connectivity index (χ0v) is 24.5. The van der Waals surface area contributed by atoms with Crippen molar-refractivity contribution in [2.45, 2.75) is 71.5 Å². The highest BCUT2D eigenvalue weighted by Gasteiger charge is 2.33. The van der Waals surface area contributed by atoms with Gasteiger partial charge in [-0.2, -0.15) is 12.7 Å². The van der Waals surface area contributed by atoms with E-state index in [9.17, 15) is 18.0 Å². The standard InChI is InChI=1S/C28H39ClN4O4S/c1-20-11-12-21(2)26(17-20)33(38(36,37)31(4)5)19-27(34)32(18-23-13-15-24(29)16-14-23)22(3)28(35)30-25-9-7-6-8-10-25/h11-17,22,25H,6-10,18-19H2,1-5H3,(H,30,35). The number of anilines is 1. The molecule has 1 saturated carbocycles. The Hall–Kier alpha value is -2.62. The zero-order valence-electron chi connectivity index (χ0n) is 22.9.